The molecule has 0 amide bonds. The molecule has 0 radical (unpaired) electrons. The minimum atomic E-state index is -0.228. The maximum absolute atomic E-state index is 13.6. The van der Waals surface area contributed by atoms with E-state index < -0.39 is 0 Å². The number of rotatable bonds is 6. The third-order valence-electron chi connectivity index (χ3n) is 3.39. The number of ether oxygens (including phenoxy) is 1. The van der Waals surface area contributed by atoms with E-state index in [1.807, 2.05) is 31.4 Å². The molecule has 1 atom stereocenters. The smallest absolute Gasteiger partial charge is 0.212 e. The van der Waals surface area contributed by atoms with Crippen LogP contribution < -0.4 is 10.1 Å². The second-order valence-corrected chi connectivity index (χ2v) is 5.61. The summed E-state index contributed by atoms with van der Waals surface area (Å²) >= 11 is 3.31. The molecule has 0 saturated heterocycles. The monoisotopic (exact) mass is 352 g/mol. The quantitative estimate of drug-likeness (QED) is 0.865. The molecule has 0 bridgehead atoms. The number of nitrogens with one attached hydrogen (secondary N) is 1. The highest BCUT2D eigenvalue weighted by molar-refractivity contribution is 9.10. The van der Waals surface area contributed by atoms with Gasteiger partial charge in [0, 0.05) is 18.3 Å². The molecule has 1 heterocycles. The molecular weight excluding hydrogens is 335 g/mol. The number of benzene rings is 1. The summed E-state index contributed by atoms with van der Waals surface area (Å²) in [7, 11) is 3.51. The molecule has 3 nitrogen and oxygen atoms in total. The maximum Gasteiger partial charge on any atom is 0.212 e. The molecule has 2 aromatic rings. The van der Waals surface area contributed by atoms with Crippen LogP contribution in [0.25, 0.3) is 0 Å². The van der Waals surface area contributed by atoms with Gasteiger partial charge in [-0.1, -0.05) is 18.2 Å². The number of hydrogen-bond acceptors (Lipinski definition) is 3. The van der Waals surface area contributed by atoms with Crippen molar-refractivity contribution < 1.29 is 9.13 Å². The molecular formula is C16H18BrFN2O. The Morgan fingerprint density at radius 3 is 2.71 bits per heavy atom. The lowest BCUT2D eigenvalue weighted by molar-refractivity contribution is 0.397. The van der Waals surface area contributed by atoms with E-state index in [9.17, 15) is 4.39 Å². The van der Waals surface area contributed by atoms with Crippen molar-refractivity contribution in [3.8, 4) is 5.88 Å². The zero-order valence-corrected chi connectivity index (χ0v) is 13.7. The summed E-state index contributed by atoms with van der Waals surface area (Å²) in [5, 5.41) is 3.27. The molecule has 2 rings (SSSR count). The first kappa shape index (κ1) is 15.9. The molecule has 0 fully saturated rings. The third-order valence-corrected chi connectivity index (χ3v) is 4.28. The molecule has 0 spiro atoms. The van der Waals surface area contributed by atoms with Crippen LogP contribution in [0, 0.1) is 5.82 Å². The van der Waals surface area contributed by atoms with E-state index in [-0.39, 0.29) is 11.9 Å². The van der Waals surface area contributed by atoms with Crippen molar-refractivity contribution in [2.45, 2.75) is 18.9 Å². The average Bonchev–Trinajstić information content (AvgIpc) is 2.51. The lowest BCUT2D eigenvalue weighted by Gasteiger charge is -2.17. The number of pyridine rings is 1. The van der Waals surface area contributed by atoms with Crippen molar-refractivity contribution in [2.24, 2.45) is 0 Å². The predicted molar refractivity (Wildman–Crippen MR) is 85.1 cm³/mol. The van der Waals surface area contributed by atoms with Gasteiger partial charge >= 0.3 is 0 Å². The van der Waals surface area contributed by atoms with Crippen LogP contribution in [-0.4, -0.2) is 25.2 Å². The van der Waals surface area contributed by atoms with Crippen LogP contribution in [-0.2, 0) is 12.8 Å². The molecule has 0 aliphatic carbocycles. The summed E-state index contributed by atoms with van der Waals surface area (Å²) in [5.41, 5.74) is 2.07. The molecule has 1 unspecified atom stereocenters. The van der Waals surface area contributed by atoms with Gasteiger partial charge in [-0.3, -0.25) is 0 Å². The van der Waals surface area contributed by atoms with Crippen molar-refractivity contribution >= 4 is 15.9 Å². The molecule has 0 aliphatic heterocycles. The van der Waals surface area contributed by atoms with E-state index in [1.54, 1.807) is 13.2 Å². The second kappa shape index (κ2) is 7.52. The van der Waals surface area contributed by atoms with E-state index >= 15 is 0 Å². The Morgan fingerprint density at radius 2 is 2.10 bits per heavy atom. The minimum Gasteiger partial charge on any atom is -0.481 e. The number of likely N-dealkylation sites (N-methyl/N-ethyl adjacent to an activating group) is 1. The fourth-order valence-electron chi connectivity index (χ4n) is 2.18. The zero-order chi connectivity index (χ0) is 15.2. The Hall–Kier alpha value is -1.46. The van der Waals surface area contributed by atoms with Gasteiger partial charge in [0.15, 0.2) is 0 Å². The Kier molecular flexibility index (Phi) is 5.70. The summed E-state index contributed by atoms with van der Waals surface area (Å²) in [6.07, 6.45) is 3.36. The van der Waals surface area contributed by atoms with Gasteiger partial charge in [-0.15, -0.1) is 0 Å². The first-order chi connectivity index (χ1) is 10.1. The number of halogens is 2. The molecule has 1 aromatic heterocycles. The van der Waals surface area contributed by atoms with Gasteiger partial charge in [0.1, 0.15) is 5.82 Å². The normalized spacial score (nSPS) is 12.2. The topological polar surface area (TPSA) is 34.1 Å². The van der Waals surface area contributed by atoms with Gasteiger partial charge in [0.2, 0.25) is 5.88 Å². The number of nitrogens with zero attached hydrogens (tertiary/aromatic N) is 1. The van der Waals surface area contributed by atoms with Crippen LogP contribution in [0.4, 0.5) is 4.39 Å². The van der Waals surface area contributed by atoms with Crippen molar-refractivity contribution in [3.05, 3.63) is 57.9 Å². The van der Waals surface area contributed by atoms with Crippen LogP contribution in [0.1, 0.15) is 11.1 Å². The second-order valence-electron chi connectivity index (χ2n) is 4.82. The van der Waals surface area contributed by atoms with Crippen LogP contribution in [0.15, 0.2) is 41.0 Å². The molecule has 21 heavy (non-hydrogen) atoms. The van der Waals surface area contributed by atoms with Crippen molar-refractivity contribution in [3.63, 3.8) is 0 Å². The third kappa shape index (κ3) is 4.25. The number of methoxy groups -OCH3 is 1. The molecule has 0 saturated carbocycles. The molecule has 1 N–H and O–H groups in total. The molecule has 0 aliphatic rings. The minimum absolute atomic E-state index is 0.207. The first-order valence-corrected chi connectivity index (χ1v) is 7.52. The summed E-state index contributed by atoms with van der Waals surface area (Å²) in [4.78, 5) is 4.20. The highest BCUT2D eigenvalue weighted by Crippen LogP contribution is 2.22. The Morgan fingerprint density at radius 1 is 1.29 bits per heavy atom. The van der Waals surface area contributed by atoms with E-state index in [4.69, 9.17) is 4.74 Å². The summed E-state index contributed by atoms with van der Waals surface area (Å²) in [6, 6.07) is 9.17. The van der Waals surface area contributed by atoms with Crippen LogP contribution >= 0.6 is 15.9 Å². The SMILES string of the molecule is CNC(Cc1ccc(OC)nc1)Cc1cccc(F)c1Br. The van der Waals surface area contributed by atoms with Gasteiger partial charge in [0.05, 0.1) is 11.6 Å². The lowest BCUT2D eigenvalue weighted by atomic mass is 10.00. The zero-order valence-electron chi connectivity index (χ0n) is 12.1. The average molecular weight is 353 g/mol. The summed E-state index contributed by atoms with van der Waals surface area (Å²) < 4.78 is 19.1. The highest BCUT2D eigenvalue weighted by Gasteiger charge is 2.13. The number of aromatic nitrogens is 1. The van der Waals surface area contributed by atoms with E-state index in [0.29, 0.717) is 10.4 Å². The summed E-state index contributed by atoms with van der Waals surface area (Å²) in [5.74, 6) is 0.376. The van der Waals surface area contributed by atoms with Gasteiger partial charge in [-0.25, -0.2) is 9.37 Å². The highest BCUT2D eigenvalue weighted by atomic mass is 79.9. The van der Waals surface area contributed by atoms with Gasteiger partial charge in [0.25, 0.3) is 0 Å². The van der Waals surface area contributed by atoms with Crippen LogP contribution in [0.3, 0.4) is 0 Å². The fourth-order valence-corrected chi connectivity index (χ4v) is 2.61. The van der Waals surface area contributed by atoms with Crippen molar-refractivity contribution in [1.29, 1.82) is 0 Å². The largest absolute Gasteiger partial charge is 0.481 e. The molecule has 5 heteroatoms. The predicted octanol–water partition coefficient (Wildman–Crippen LogP) is 3.37. The Balaban J connectivity index is 2.07. The maximum atomic E-state index is 13.6. The lowest BCUT2D eigenvalue weighted by Crippen LogP contribution is -2.30. The first-order valence-electron chi connectivity index (χ1n) is 6.73. The van der Waals surface area contributed by atoms with Gasteiger partial charge in [-0.05, 0) is 53.0 Å². The Labute approximate surface area is 132 Å². The standard InChI is InChI=1S/C16H18BrFN2O/c1-19-13(8-11-6-7-15(21-2)20-10-11)9-12-4-3-5-14(18)16(12)17/h3-7,10,13,19H,8-9H2,1-2H3. The van der Waals surface area contributed by atoms with Crippen molar-refractivity contribution in [2.75, 3.05) is 14.2 Å². The van der Waals surface area contributed by atoms with Crippen molar-refractivity contribution in [1.82, 2.24) is 10.3 Å². The van der Waals surface area contributed by atoms with E-state index in [2.05, 4.69) is 26.2 Å². The van der Waals surface area contributed by atoms with E-state index in [0.717, 1.165) is 24.0 Å². The Bertz CT molecular complexity index is 589. The van der Waals surface area contributed by atoms with Gasteiger partial charge < -0.3 is 10.1 Å². The van der Waals surface area contributed by atoms with E-state index in [1.165, 1.54) is 6.07 Å². The van der Waals surface area contributed by atoms with Gasteiger partial charge in [-0.2, -0.15) is 0 Å². The van der Waals surface area contributed by atoms with Crippen LogP contribution in [0.2, 0.25) is 0 Å². The number of hydrogen-bond donors (Lipinski definition) is 1. The summed E-state index contributed by atoms with van der Waals surface area (Å²) in [6.45, 7) is 0. The molecule has 1 aromatic carbocycles. The van der Waals surface area contributed by atoms with Crippen LogP contribution in [0.5, 0.6) is 5.88 Å². The molecule has 112 valence electrons. The fraction of sp³-hybridized carbons (Fsp3) is 0.312.